The maximum atomic E-state index is 15.7. The Kier molecular flexibility index (Phi) is 30.1. The van der Waals surface area contributed by atoms with Gasteiger partial charge in [0.1, 0.15) is 59.9 Å². The van der Waals surface area contributed by atoms with Crippen LogP contribution in [0.25, 0.3) is 0 Å². The van der Waals surface area contributed by atoms with Gasteiger partial charge < -0.3 is 60.0 Å². The number of carbonyl (C=O) groups is 12. The van der Waals surface area contributed by atoms with Gasteiger partial charge in [-0.2, -0.15) is 13.2 Å². The van der Waals surface area contributed by atoms with E-state index in [0.717, 1.165) is 32.4 Å². The van der Waals surface area contributed by atoms with Crippen LogP contribution in [0.1, 0.15) is 147 Å². The molecule has 11 atom stereocenters. The van der Waals surface area contributed by atoms with Crippen molar-refractivity contribution >= 4 is 82.5 Å². The summed E-state index contributed by atoms with van der Waals surface area (Å²) >= 11 is 6.20. The molecule has 29 heteroatoms. The standard InChI is InChI=1S/C76H109ClF3N13O12/c1-18-47(6)63-72(103)87(12)49(8)67(98)93-38-34-57(93)71(102)90(15)59(41-51-26-24-46(5)25-27-51)70(101)86(11)44-61(94)82-55(32-29-50-28-31-53(54(77)40-50)76(78,79)80)68(99)89(14)56(33-30-52-23-22-37-81-43-52)66(97)84-75(35-20-21-36-75)74(105)92(17)64(48(7)19-2)73(104)91(16)60(69(100)85(9)10)42-62(95)88(13)58(39-45(3)4)65(96)83-63/h22-28,31,37,40,43,45,47-49,55-60,63-64H,18-21,29-30,32-36,38-39,41-42,44H2,1-17H3,(H,82,94)(H,83,96)(H,84,97)/t47-,48-,49-,55-,56-,57-,58-,59-,60-,63-,64-/m0/s1. The van der Waals surface area contributed by atoms with Crippen molar-refractivity contribution in [2.75, 3.05) is 76.5 Å². The number of likely N-dealkylation sites (N-methyl/N-ethyl adjacent to an activating group) is 8. The molecule has 1 aromatic heterocycles. The molecule has 3 aromatic rings. The number of carbonyl (C=O) groups excluding carboxylic acids is 12. The molecule has 2 aromatic carbocycles. The maximum absolute atomic E-state index is 15.7. The van der Waals surface area contributed by atoms with Gasteiger partial charge in [0, 0.05) is 88.8 Å². The van der Waals surface area contributed by atoms with Crippen LogP contribution in [-0.2, 0) is 83.0 Å². The minimum absolute atomic E-state index is 0.0653. The van der Waals surface area contributed by atoms with E-state index in [4.69, 9.17) is 11.6 Å². The minimum Gasteiger partial charge on any atom is -0.347 e. The lowest BCUT2D eigenvalue weighted by Gasteiger charge is -2.45. The molecule has 0 unspecified atom stereocenters. The highest BCUT2D eigenvalue weighted by Gasteiger charge is 2.51. The van der Waals surface area contributed by atoms with Crippen molar-refractivity contribution in [1.82, 2.24) is 65.0 Å². The number of nitrogens with zero attached hydrogens (tertiary/aromatic N) is 10. The van der Waals surface area contributed by atoms with Crippen LogP contribution in [0.5, 0.6) is 0 Å². The fourth-order valence-electron chi connectivity index (χ4n) is 14.0. The first-order valence-corrected chi connectivity index (χ1v) is 36.7. The Balaban J connectivity index is 1.50. The van der Waals surface area contributed by atoms with Gasteiger partial charge in [0.15, 0.2) is 0 Å². The second kappa shape index (κ2) is 37.0. The Bertz CT molecular complexity index is 3620. The van der Waals surface area contributed by atoms with Gasteiger partial charge >= 0.3 is 6.18 Å². The molecule has 25 nitrogen and oxygen atoms in total. The van der Waals surface area contributed by atoms with Crippen LogP contribution < -0.4 is 16.0 Å². The molecule has 0 radical (unpaired) electrons. The molecular weight excluding hydrogens is 1380 g/mol. The second-order valence-corrected chi connectivity index (χ2v) is 30.0. The monoisotopic (exact) mass is 1490 g/mol. The molecule has 1 saturated carbocycles. The third-order valence-corrected chi connectivity index (χ3v) is 21.8. The number of hydrogen-bond acceptors (Lipinski definition) is 13. The van der Waals surface area contributed by atoms with E-state index < -0.39 is 172 Å². The lowest BCUT2D eigenvalue weighted by atomic mass is 9.90. The van der Waals surface area contributed by atoms with Gasteiger partial charge in [-0.05, 0) is 118 Å². The van der Waals surface area contributed by atoms with E-state index in [9.17, 15) is 46.7 Å². The number of halogens is 4. The zero-order valence-electron chi connectivity index (χ0n) is 64.0. The summed E-state index contributed by atoms with van der Waals surface area (Å²) in [4.78, 5) is 196. The zero-order chi connectivity index (χ0) is 78.4. The molecule has 2 aliphatic heterocycles. The van der Waals surface area contributed by atoms with Crippen molar-refractivity contribution in [2.45, 2.75) is 211 Å². The van der Waals surface area contributed by atoms with Gasteiger partial charge in [-0.1, -0.05) is 121 Å². The van der Waals surface area contributed by atoms with E-state index in [0.29, 0.717) is 36.8 Å². The predicted molar refractivity (Wildman–Crippen MR) is 390 cm³/mol. The van der Waals surface area contributed by atoms with Gasteiger partial charge in [-0.3, -0.25) is 62.5 Å². The van der Waals surface area contributed by atoms with E-state index in [1.165, 1.54) is 106 Å². The number of nitrogens with one attached hydrogen (secondary N) is 3. The first kappa shape index (κ1) is 85.2. The number of amides is 12. The number of alkyl halides is 3. The molecule has 3 heterocycles. The highest BCUT2D eigenvalue weighted by molar-refractivity contribution is 6.31. The Morgan fingerprint density at radius 2 is 1.29 bits per heavy atom. The molecule has 3 fully saturated rings. The van der Waals surface area contributed by atoms with E-state index in [2.05, 4.69) is 20.9 Å². The van der Waals surface area contributed by atoms with Crippen LogP contribution in [0.15, 0.2) is 67.0 Å². The first-order valence-electron chi connectivity index (χ1n) is 36.3. The molecule has 3 aliphatic rings. The van der Waals surface area contributed by atoms with Crippen molar-refractivity contribution in [1.29, 1.82) is 0 Å². The summed E-state index contributed by atoms with van der Waals surface area (Å²) < 4.78 is 42.0. The summed E-state index contributed by atoms with van der Waals surface area (Å²) in [5.74, 6) is -9.91. The lowest BCUT2D eigenvalue weighted by molar-refractivity contribution is -0.160. The average molecular weight is 1490 g/mol. The molecular formula is C76H109ClF3N13O12. The number of benzene rings is 2. The molecule has 1 aliphatic carbocycles. The van der Waals surface area contributed by atoms with Gasteiger partial charge in [0.25, 0.3) is 0 Å². The van der Waals surface area contributed by atoms with Gasteiger partial charge in [0.05, 0.1) is 23.6 Å². The highest BCUT2D eigenvalue weighted by atomic mass is 35.5. The van der Waals surface area contributed by atoms with E-state index in [1.54, 1.807) is 50.5 Å². The quantitative estimate of drug-likeness (QED) is 0.159. The van der Waals surface area contributed by atoms with Crippen molar-refractivity contribution in [3.05, 3.63) is 99.8 Å². The summed E-state index contributed by atoms with van der Waals surface area (Å²) in [6.45, 7) is 13.6. The average Bonchev–Trinajstić information content (AvgIpc) is 1.70. The molecule has 2 saturated heterocycles. The molecule has 0 bridgehead atoms. The molecule has 578 valence electrons. The van der Waals surface area contributed by atoms with E-state index in [-0.39, 0.29) is 75.8 Å². The lowest BCUT2D eigenvalue weighted by Crippen LogP contribution is -2.65. The Morgan fingerprint density at radius 3 is 1.84 bits per heavy atom. The van der Waals surface area contributed by atoms with Crippen molar-refractivity contribution in [3.8, 4) is 0 Å². The molecule has 6 rings (SSSR count). The largest absolute Gasteiger partial charge is 0.417 e. The predicted octanol–water partition coefficient (Wildman–Crippen LogP) is 5.94. The Labute approximate surface area is 621 Å². The zero-order valence-corrected chi connectivity index (χ0v) is 64.7. The summed E-state index contributed by atoms with van der Waals surface area (Å²) in [6.07, 6.45) is -0.655. The van der Waals surface area contributed by atoms with E-state index >= 15 is 24.0 Å². The van der Waals surface area contributed by atoms with Crippen molar-refractivity contribution in [2.24, 2.45) is 17.8 Å². The van der Waals surface area contributed by atoms with Crippen LogP contribution in [0.2, 0.25) is 5.02 Å². The number of fused-ring (bicyclic) bond motifs is 1. The fraction of sp³-hybridized carbons (Fsp3) is 0.618. The summed E-state index contributed by atoms with van der Waals surface area (Å²) in [7, 11) is 12.6. The van der Waals surface area contributed by atoms with Crippen LogP contribution in [-0.4, -0.2) is 256 Å². The SMILES string of the molecule is CC[C@H](C)[C@@H]1NC(=O)[C@H](CC(C)C)N(C)C(=O)C[C@@H](C(=O)N(C)C)N(C)C(=O)[C@H]([C@@H](C)CC)N(C)C(=O)C2(CCCC2)NC(=O)[C@H](CCc2cccnc2)N(C)C(=O)[C@H](CCc2ccc(C(F)(F)F)c(Cl)c2)NC(=O)CN(C)C(=O)[C@H](Cc2ccc(C)cc2)N(C)C(=O)[C@@H]2CCN2C(=O)[C@H](C)N(C)C1=O. The highest BCUT2D eigenvalue weighted by Crippen LogP contribution is 2.37. The van der Waals surface area contributed by atoms with Crippen molar-refractivity contribution < 1.29 is 70.7 Å². The number of pyridine rings is 1. The van der Waals surface area contributed by atoms with Gasteiger partial charge in [0.2, 0.25) is 70.9 Å². The third kappa shape index (κ3) is 20.9. The Morgan fingerprint density at radius 1 is 0.676 bits per heavy atom. The van der Waals surface area contributed by atoms with Crippen LogP contribution >= 0.6 is 11.6 Å². The summed E-state index contributed by atoms with van der Waals surface area (Å²) in [6, 6.07) is 1.90. The molecule has 1 spiro atoms. The van der Waals surface area contributed by atoms with Gasteiger partial charge in [-0.25, -0.2) is 0 Å². The number of aryl methyl sites for hydroxylation is 3. The second-order valence-electron chi connectivity index (χ2n) is 29.6. The van der Waals surface area contributed by atoms with Crippen LogP contribution in [0.3, 0.4) is 0 Å². The smallest absolute Gasteiger partial charge is 0.347 e. The van der Waals surface area contributed by atoms with E-state index in [1.807, 2.05) is 46.8 Å². The summed E-state index contributed by atoms with van der Waals surface area (Å²) in [5, 5.41) is 8.07. The van der Waals surface area contributed by atoms with Crippen LogP contribution in [0.4, 0.5) is 13.2 Å². The topological polar surface area (TPSA) is 283 Å². The Hall–Kier alpha value is -8.69. The number of rotatable bonds is 15. The van der Waals surface area contributed by atoms with Gasteiger partial charge in [-0.15, -0.1) is 0 Å². The minimum atomic E-state index is -4.80. The van der Waals surface area contributed by atoms with Crippen molar-refractivity contribution in [3.63, 3.8) is 0 Å². The fourth-order valence-corrected chi connectivity index (χ4v) is 14.3. The molecule has 12 amide bonds. The first-order chi connectivity index (χ1) is 49.2. The normalized spacial score (nSPS) is 24.7. The summed E-state index contributed by atoms with van der Waals surface area (Å²) in [5.41, 5.74) is -0.325. The molecule has 105 heavy (non-hydrogen) atoms. The maximum Gasteiger partial charge on any atom is 0.417 e. The number of hydrogen-bond donors (Lipinski definition) is 3. The molecule has 3 N–H and O–H groups in total. The third-order valence-electron chi connectivity index (χ3n) is 21.5. The van der Waals surface area contributed by atoms with Crippen LogP contribution in [0, 0.1) is 24.7 Å². The number of aromatic nitrogens is 1.